The fraction of sp³-hybridized carbons (Fsp3) is 0.552. The van der Waals surface area contributed by atoms with Crippen molar-refractivity contribution in [2.75, 3.05) is 39.0 Å². The van der Waals surface area contributed by atoms with Crippen molar-refractivity contribution < 1.29 is 19.1 Å². The van der Waals surface area contributed by atoms with Gasteiger partial charge in [0.25, 0.3) is 0 Å². The predicted octanol–water partition coefficient (Wildman–Crippen LogP) is 5.53. The van der Waals surface area contributed by atoms with Crippen molar-refractivity contribution in [3.8, 4) is 0 Å². The molecule has 1 unspecified atom stereocenters. The van der Waals surface area contributed by atoms with Crippen LogP contribution < -0.4 is 0 Å². The SMILES string of the molecule is CCCCCN(CCCN1CCCC1=O)C(=O)C(CCC(=O)OC)CSc1ccc2ccccc2c1. The summed E-state index contributed by atoms with van der Waals surface area (Å²) in [5, 5.41) is 2.37. The van der Waals surface area contributed by atoms with Crippen molar-refractivity contribution in [1.29, 1.82) is 0 Å². The minimum Gasteiger partial charge on any atom is -0.469 e. The van der Waals surface area contributed by atoms with E-state index < -0.39 is 0 Å². The lowest BCUT2D eigenvalue weighted by atomic mass is 10.0. The van der Waals surface area contributed by atoms with Gasteiger partial charge in [0.05, 0.1) is 7.11 Å². The molecule has 1 saturated heterocycles. The number of unbranched alkanes of at least 4 members (excludes halogenated alkanes) is 2. The van der Waals surface area contributed by atoms with Crippen LogP contribution in [0.1, 0.15) is 58.3 Å². The van der Waals surface area contributed by atoms with Crippen molar-refractivity contribution in [2.24, 2.45) is 5.92 Å². The average molecular weight is 513 g/mol. The Labute approximate surface area is 219 Å². The van der Waals surface area contributed by atoms with Crippen molar-refractivity contribution in [2.45, 2.75) is 63.2 Å². The first-order chi connectivity index (χ1) is 17.5. The third-order valence-electron chi connectivity index (χ3n) is 6.82. The van der Waals surface area contributed by atoms with Crippen LogP contribution in [-0.2, 0) is 19.1 Å². The van der Waals surface area contributed by atoms with Crippen LogP contribution in [0.25, 0.3) is 10.8 Å². The van der Waals surface area contributed by atoms with E-state index in [9.17, 15) is 14.4 Å². The molecule has 3 rings (SSSR count). The lowest BCUT2D eigenvalue weighted by molar-refractivity contribution is -0.141. The average Bonchev–Trinajstić information content (AvgIpc) is 3.31. The van der Waals surface area contributed by atoms with Crippen LogP contribution in [0.5, 0.6) is 0 Å². The molecule has 0 radical (unpaired) electrons. The number of ether oxygens (including phenoxy) is 1. The molecule has 1 aliphatic rings. The molecule has 0 N–H and O–H groups in total. The van der Waals surface area contributed by atoms with Gasteiger partial charge in [-0.25, -0.2) is 0 Å². The molecule has 7 heteroatoms. The fourth-order valence-corrected chi connectivity index (χ4v) is 5.74. The van der Waals surface area contributed by atoms with E-state index in [1.165, 1.54) is 17.9 Å². The quantitative estimate of drug-likeness (QED) is 0.178. The Balaban J connectivity index is 1.66. The minimum atomic E-state index is -0.284. The van der Waals surface area contributed by atoms with E-state index >= 15 is 0 Å². The Bertz CT molecular complexity index is 1010. The summed E-state index contributed by atoms with van der Waals surface area (Å²) in [5.74, 6) is 0.394. The van der Waals surface area contributed by atoms with E-state index in [0.29, 0.717) is 31.7 Å². The molecule has 0 aliphatic carbocycles. The van der Waals surface area contributed by atoms with Crippen LogP contribution in [0.2, 0.25) is 0 Å². The van der Waals surface area contributed by atoms with Crippen LogP contribution in [-0.4, -0.2) is 66.6 Å². The van der Waals surface area contributed by atoms with Crippen LogP contribution >= 0.6 is 11.8 Å². The number of methoxy groups -OCH3 is 1. The number of rotatable bonds is 15. The molecule has 0 spiro atoms. The number of esters is 1. The highest BCUT2D eigenvalue weighted by atomic mass is 32.2. The third-order valence-corrected chi connectivity index (χ3v) is 7.97. The van der Waals surface area contributed by atoms with Crippen LogP contribution in [0.3, 0.4) is 0 Å². The number of hydrogen-bond donors (Lipinski definition) is 0. The second-order valence-electron chi connectivity index (χ2n) is 9.50. The van der Waals surface area contributed by atoms with E-state index in [4.69, 9.17) is 4.74 Å². The highest BCUT2D eigenvalue weighted by molar-refractivity contribution is 7.99. The summed E-state index contributed by atoms with van der Waals surface area (Å²) in [6.45, 7) is 5.05. The summed E-state index contributed by atoms with van der Waals surface area (Å²) in [5.41, 5.74) is 0. The molecule has 196 valence electrons. The summed E-state index contributed by atoms with van der Waals surface area (Å²) >= 11 is 1.67. The van der Waals surface area contributed by atoms with Gasteiger partial charge < -0.3 is 14.5 Å². The minimum absolute atomic E-state index is 0.107. The zero-order valence-corrected chi connectivity index (χ0v) is 22.6. The van der Waals surface area contributed by atoms with Gasteiger partial charge in [0.2, 0.25) is 11.8 Å². The van der Waals surface area contributed by atoms with Gasteiger partial charge in [0.15, 0.2) is 0 Å². The standard InChI is InChI=1S/C29H40N2O4S/c1-3-4-7-17-31(20-9-19-30-18-8-12-27(30)32)29(34)25(14-16-28(33)35-2)22-36-26-15-13-23-10-5-6-11-24(23)21-26/h5-6,10-11,13,15,21,25H,3-4,7-9,12,14,16-20,22H2,1-2H3. The molecule has 1 aliphatic heterocycles. The number of likely N-dealkylation sites (tertiary alicyclic amines) is 1. The van der Waals surface area contributed by atoms with Gasteiger partial charge in [-0.15, -0.1) is 11.8 Å². The summed E-state index contributed by atoms with van der Waals surface area (Å²) in [4.78, 5) is 42.6. The zero-order valence-electron chi connectivity index (χ0n) is 21.7. The molecule has 2 aromatic rings. The summed E-state index contributed by atoms with van der Waals surface area (Å²) in [7, 11) is 1.39. The maximum absolute atomic E-state index is 13.7. The maximum Gasteiger partial charge on any atom is 0.305 e. The molecule has 0 saturated carbocycles. The molecular formula is C29H40N2O4S. The molecule has 36 heavy (non-hydrogen) atoms. The van der Waals surface area contributed by atoms with E-state index in [0.717, 1.165) is 50.1 Å². The number of amides is 2. The van der Waals surface area contributed by atoms with Gasteiger partial charge in [-0.1, -0.05) is 50.1 Å². The van der Waals surface area contributed by atoms with Crippen LogP contribution in [0, 0.1) is 5.92 Å². The second kappa shape index (κ2) is 14.9. The normalized spacial score (nSPS) is 14.3. The Morgan fingerprint density at radius 1 is 1.08 bits per heavy atom. The fourth-order valence-electron chi connectivity index (χ4n) is 4.66. The summed E-state index contributed by atoms with van der Waals surface area (Å²) in [6.07, 6.45) is 6.19. The topological polar surface area (TPSA) is 66.9 Å². The molecule has 2 aromatic carbocycles. The lowest BCUT2D eigenvalue weighted by Crippen LogP contribution is -2.40. The van der Waals surface area contributed by atoms with E-state index in [1.54, 1.807) is 11.8 Å². The van der Waals surface area contributed by atoms with Crippen molar-refractivity contribution >= 4 is 40.3 Å². The highest BCUT2D eigenvalue weighted by Crippen LogP contribution is 2.28. The van der Waals surface area contributed by atoms with Gasteiger partial charge in [-0.3, -0.25) is 14.4 Å². The summed E-state index contributed by atoms with van der Waals surface area (Å²) in [6, 6.07) is 14.6. The summed E-state index contributed by atoms with van der Waals surface area (Å²) < 4.78 is 4.86. The number of fused-ring (bicyclic) bond motifs is 1. The molecule has 0 bridgehead atoms. The first-order valence-electron chi connectivity index (χ1n) is 13.3. The molecule has 2 amide bonds. The number of hydrogen-bond acceptors (Lipinski definition) is 5. The van der Waals surface area contributed by atoms with Gasteiger partial charge in [-0.2, -0.15) is 0 Å². The first kappa shape index (κ1) is 28.0. The largest absolute Gasteiger partial charge is 0.469 e. The molecule has 6 nitrogen and oxygen atoms in total. The maximum atomic E-state index is 13.7. The smallest absolute Gasteiger partial charge is 0.305 e. The zero-order chi connectivity index (χ0) is 25.8. The van der Waals surface area contributed by atoms with Crippen LogP contribution in [0.4, 0.5) is 0 Å². The van der Waals surface area contributed by atoms with Crippen molar-refractivity contribution in [3.05, 3.63) is 42.5 Å². The van der Waals surface area contributed by atoms with E-state index in [1.807, 2.05) is 21.9 Å². The number of benzene rings is 2. The Morgan fingerprint density at radius 3 is 2.58 bits per heavy atom. The van der Waals surface area contributed by atoms with Crippen LogP contribution in [0.15, 0.2) is 47.4 Å². The Kier molecular flexibility index (Phi) is 11.6. The Hall–Kier alpha value is -2.54. The molecule has 0 aromatic heterocycles. The third kappa shape index (κ3) is 8.54. The molecule has 1 heterocycles. The van der Waals surface area contributed by atoms with Gasteiger partial charge in [0, 0.05) is 55.6 Å². The van der Waals surface area contributed by atoms with E-state index in [-0.39, 0.29) is 30.1 Å². The number of thioether (sulfide) groups is 1. The first-order valence-corrected chi connectivity index (χ1v) is 14.3. The van der Waals surface area contributed by atoms with Gasteiger partial charge >= 0.3 is 5.97 Å². The Morgan fingerprint density at radius 2 is 1.86 bits per heavy atom. The monoisotopic (exact) mass is 512 g/mol. The highest BCUT2D eigenvalue weighted by Gasteiger charge is 2.26. The molecule has 1 fully saturated rings. The lowest BCUT2D eigenvalue weighted by Gasteiger charge is -2.28. The van der Waals surface area contributed by atoms with Crippen molar-refractivity contribution in [1.82, 2.24) is 9.80 Å². The molecular weight excluding hydrogens is 472 g/mol. The molecule has 1 atom stereocenters. The number of nitrogens with zero attached hydrogens (tertiary/aromatic N) is 2. The van der Waals surface area contributed by atoms with Gasteiger partial charge in [0.1, 0.15) is 0 Å². The number of carbonyl (C=O) groups excluding carboxylic acids is 3. The second-order valence-corrected chi connectivity index (χ2v) is 10.6. The van der Waals surface area contributed by atoms with Crippen molar-refractivity contribution in [3.63, 3.8) is 0 Å². The van der Waals surface area contributed by atoms with Gasteiger partial charge in [-0.05, 0) is 48.6 Å². The van der Waals surface area contributed by atoms with E-state index in [2.05, 4.69) is 37.3 Å². The predicted molar refractivity (Wildman–Crippen MR) is 146 cm³/mol. The number of carbonyl (C=O) groups is 3.